The first-order valence-electron chi connectivity index (χ1n) is 6.00. The Morgan fingerprint density at radius 3 is 2.85 bits per heavy atom. The molecule has 20 heavy (non-hydrogen) atoms. The van der Waals surface area contributed by atoms with Crippen molar-refractivity contribution in [1.82, 2.24) is 9.55 Å². The van der Waals surface area contributed by atoms with Crippen LogP contribution < -0.4 is 5.73 Å². The second kappa shape index (κ2) is 4.75. The molecule has 7 heteroatoms. The Bertz CT molecular complexity index is 691. The molecule has 0 bridgehead atoms. The number of hydrogen-bond donors (Lipinski definition) is 1. The molecule has 0 radical (unpaired) electrons. The maximum atomic E-state index is 13.4. The Morgan fingerprint density at radius 1 is 1.35 bits per heavy atom. The number of imidazole rings is 1. The topological polar surface area (TPSA) is 56.2 Å². The lowest BCUT2D eigenvalue weighted by molar-refractivity contribution is 0.226. The monoisotopic (exact) mass is 280 g/mol. The third-order valence-electron chi connectivity index (χ3n) is 3.19. The lowest BCUT2D eigenvalue weighted by atomic mass is 10.1. The zero-order valence-corrected chi connectivity index (χ0v) is 10.4. The van der Waals surface area contributed by atoms with Crippen molar-refractivity contribution in [2.45, 2.75) is 19.5 Å². The molecule has 0 unspecified atom stereocenters. The minimum Gasteiger partial charge on any atom is -0.325 e. The summed E-state index contributed by atoms with van der Waals surface area (Å²) in [5, 5.41) is 0. The van der Waals surface area contributed by atoms with Crippen molar-refractivity contribution in [2.24, 2.45) is 10.7 Å². The fourth-order valence-electron chi connectivity index (χ4n) is 2.32. The predicted molar refractivity (Wildman–Crippen MR) is 67.7 cm³/mol. The van der Waals surface area contributed by atoms with Crippen molar-refractivity contribution in [2.75, 3.05) is 0 Å². The first kappa shape index (κ1) is 12.9. The minimum atomic E-state index is -2.78. The largest absolute Gasteiger partial charge is 0.325 e. The summed E-state index contributed by atoms with van der Waals surface area (Å²) < 4.78 is 41.3. The molecule has 104 valence electrons. The van der Waals surface area contributed by atoms with Crippen LogP contribution in [0.2, 0.25) is 0 Å². The van der Waals surface area contributed by atoms with Gasteiger partial charge in [0, 0.05) is 12.1 Å². The number of hydrogen-bond acceptors (Lipinski definition) is 3. The molecule has 3 rings (SSSR count). The second-order valence-electron chi connectivity index (χ2n) is 4.37. The lowest BCUT2D eigenvalue weighted by Crippen LogP contribution is -2.15. The maximum Gasteiger partial charge on any atom is 0.280 e. The van der Waals surface area contributed by atoms with Gasteiger partial charge in [0.25, 0.3) is 6.43 Å². The van der Waals surface area contributed by atoms with Gasteiger partial charge in [-0.05, 0) is 18.2 Å². The molecule has 2 heterocycles. The fourth-order valence-corrected chi connectivity index (χ4v) is 2.32. The van der Waals surface area contributed by atoms with Crippen LogP contribution in [0.25, 0.3) is 5.69 Å². The third-order valence-corrected chi connectivity index (χ3v) is 3.19. The van der Waals surface area contributed by atoms with E-state index in [0.717, 1.165) is 6.07 Å². The molecule has 2 N–H and O–H groups in total. The van der Waals surface area contributed by atoms with E-state index in [-0.39, 0.29) is 18.7 Å². The van der Waals surface area contributed by atoms with E-state index in [9.17, 15) is 13.2 Å². The highest BCUT2D eigenvalue weighted by Gasteiger charge is 2.25. The summed E-state index contributed by atoms with van der Waals surface area (Å²) in [4.78, 5) is 8.01. The summed E-state index contributed by atoms with van der Waals surface area (Å²) in [6, 6.07) is 3.73. The number of nitrogens with two attached hydrogens (primary N) is 1. The number of aliphatic imine (C=N–C) groups is 1. The molecule has 1 aliphatic rings. The molecule has 0 aliphatic carbocycles. The standard InChI is InChI=1S/C13H11F3N4/c14-7-1-2-10-9(3-7)12(13(15)16)19-6-11-18-5-8(4-17)20(10)11/h1-3,5,13H,4,6,17H2. The molecule has 1 aliphatic heterocycles. The van der Waals surface area contributed by atoms with Crippen LogP contribution in [-0.4, -0.2) is 21.7 Å². The number of halogens is 3. The summed E-state index contributed by atoms with van der Waals surface area (Å²) in [7, 11) is 0. The van der Waals surface area contributed by atoms with Crippen LogP contribution in [0.1, 0.15) is 17.1 Å². The van der Waals surface area contributed by atoms with Crippen LogP contribution in [0, 0.1) is 5.82 Å². The maximum absolute atomic E-state index is 13.4. The molecule has 4 nitrogen and oxygen atoms in total. The van der Waals surface area contributed by atoms with Crippen molar-refractivity contribution in [3.8, 4) is 5.69 Å². The van der Waals surface area contributed by atoms with E-state index < -0.39 is 18.0 Å². The molecule has 0 fully saturated rings. The van der Waals surface area contributed by atoms with Gasteiger partial charge in [-0.1, -0.05) is 0 Å². The van der Waals surface area contributed by atoms with Gasteiger partial charge < -0.3 is 5.73 Å². The quantitative estimate of drug-likeness (QED) is 0.915. The van der Waals surface area contributed by atoms with Gasteiger partial charge in [0.2, 0.25) is 0 Å². The van der Waals surface area contributed by atoms with Crippen molar-refractivity contribution < 1.29 is 13.2 Å². The van der Waals surface area contributed by atoms with Crippen molar-refractivity contribution >= 4 is 5.71 Å². The summed E-state index contributed by atoms with van der Waals surface area (Å²) in [5.74, 6) is -0.0797. The lowest BCUT2D eigenvalue weighted by Gasteiger charge is -2.13. The van der Waals surface area contributed by atoms with E-state index in [1.54, 1.807) is 10.8 Å². The Morgan fingerprint density at radius 2 is 2.15 bits per heavy atom. The van der Waals surface area contributed by atoms with E-state index in [1.165, 1.54) is 12.1 Å². The SMILES string of the molecule is NCc1cnc2n1-c1ccc(F)cc1C(C(F)F)=NC2. The van der Waals surface area contributed by atoms with E-state index >= 15 is 0 Å². The summed E-state index contributed by atoms with van der Waals surface area (Å²) in [6.45, 7) is 0.212. The molecule has 2 aromatic rings. The van der Waals surface area contributed by atoms with Gasteiger partial charge in [0.1, 0.15) is 17.4 Å². The number of nitrogens with zero attached hydrogens (tertiary/aromatic N) is 3. The normalized spacial score (nSPS) is 13.8. The highest BCUT2D eigenvalue weighted by atomic mass is 19.3. The smallest absolute Gasteiger partial charge is 0.280 e. The highest BCUT2D eigenvalue weighted by Crippen LogP contribution is 2.26. The molecule has 0 saturated carbocycles. The summed E-state index contributed by atoms with van der Waals surface area (Å²) in [5.41, 5.74) is 6.37. The van der Waals surface area contributed by atoms with Gasteiger partial charge in [0.05, 0.1) is 24.1 Å². The van der Waals surface area contributed by atoms with Crippen LogP contribution in [0.4, 0.5) is 13.2 Å². The average molecular weight is 280 g/mol. The van der Waals surface area contributed by atoms with Gasteiger partial charge in [-0.25, -0.2) is 18.2 Å². The first-order chi connectivity index (χ1) is 9.61. The molecular weight excluding hydrogens is 269 g/mol. The molecule has 0 spiro atoms. The molecule has 0 amide bonds. The molecule has 0 saturated heterocycles. The molecular formula is C13H11F3N4. The van der Waals surface area contributed by atoms with E-state index in [0.29, 0.717) is 17.2 Å². The van der Waals surface area contributed by atoms with Crippen LogP contribution >= 0.6 is 0 Å². The van der Waals surface area contributed by atoms with Crippen LogP contribution in [0.15, 0.2) is 29.4 Å². The van der Waals surface area contributed by atoms with E-state index in [2.05, 4.69) is 9.98 Å². The zero-order chi connectivity index (χ0) is 14.3. The molecule has 1 aromatic carbocycles. The van der Waals surface area contributed by atoms with Crippen molar-refractivity contribution in [3.05, 3.63) is 47.3 Å². The Kier molecular flexibility index (Phi) is 3.06. The predicted octanol–water partition coefficient (Wildman–Crippen LogP) is 2.04. The third kappa shape index (κ3) is 1.90. The first-order valence-corrected chi connectivity index (χ1v) is 6.00. The van der Waals surface area contributed by atoms with Crippen molar-refractivity contribution in [1.29, 1.82) is 0 Å². The van der Waals surface area contributed by atoms with Gasteiger partial charge in [-0.3, -0.25) is 9.56 Å². The van der Waals surface area contributed by atoms with Gasteiger partial charge in [-0.15, -0.1) is 0 Å². The van der Waals surface area contributed by atoms with E-state index in [4.69, 9.17) is 5.73 Å². The molecule has 1 aromatic heterocycles. The molecule has 0 atom stereocenters. The fraction of sp³-hybridized carbons (Fsp3) is 0.231. The second-order valence-corrected chi connectivity index (χ2v) is 4.37. The summed E-state index contributed by atoms with van der Waals surface area (Å²) in [6.07, 6.45) is -1.20. The van der Waals surface area contributed by atoms with Gasteiger partial charge >= 0.3 is 0 Å². The van der Waals surface area contributed by atoms with E-state index in [1.807, 2.05) is 0 Å². The number of benzene rings is 1. The van der Waals surface area contributed by atoms with Crippen molar-refractivity contribution in [3.63, 3.8) is 0 Å². The minimum absolute atomic E-state index is 0.00989. The summed E-state index contributed by atoms with van der Waals surface area (Å²) >= 11 is 0. The zero-order valence-electron chi connectivity index (χ0n) is 10.4. The van der Waals surface area contributed by atoms with Crippen LogP contribution in [0.3, 0.4) is 0 Å². The van der Waals surface area contributed by atoms with Crippen LogP contribution in [0.5, 0.6) is 0 Å². The highest BCUT2D eigenvalue weighted by molar-refractivity contribution is 6.06. The number of aromatic nitrogens is 2. The van der Waals surface area contributed by atoms with Crippen LogP contribution in [-0.2, 0) is 13.1 Å². The Balaban J connectivity index is 2.30. The number of alkyl halides is 2. The number of rotatable bonds is 2. The average Bonchev–Trinajstić information content (AvgIpc) is 2.75. The number of fused-ring (bicyclic) bond motifs is 3. The van der Waals surface area contributed by atoms with Gasteiger partial charge in [-0.2, -0.15) is 0 Å². The Hall–Kier alpha value is -2.15. The Labute approximate surface area is 112 Å². The van der Waals surface area contributed by atoms with Gasteiger partial charge in [0.15, 0.2) is 0 Å².